The van der Waals surface area contributed by atoms with Gasteiger partial charge in [0.2, 0.25) is 0 Å². The molecule has 2 amide bonds. The summed E-state index contributed by atoms with van der Waals surface area (Å²) in [5, 5.41) is 7.55. The molecule has 2 fully saturated rings. The molecule has 0 unspecified atom stereocenters. The molecule has 2 aliphatic rings. The summed E-state index contributed by atoms with van der Waals surface area (Å²) in [5.74, 6) is 0. The van der Waals surface area contributed by atoms with Crippen LogP contribution < -0.4 is 10.2 Å². The predicted molar refractivity (Wildman–Crippen MR) is 151 cm³/mol. The van der Waals surface area contributed by atoms with Gasteiger partial charge in [0.25, 0.3) is 0 Å². The molecular formula is C29H41N7O2. The highest BCUT2D eigenvalue weighted by molar-refractivity contribution is 5.79. The summed E-state index contributed by atoms with van der Waals surface area (Å²) in [6.45, 7) is 13.4. The highest BCUT2D eigenvalue weighted by atomic mass is 16.5. The van der Waals surface area contributed by atoms with Crippen LogP contribution in [0.1, 0.15) is 46.1 Å². The van der Waals surface area contributed by atoms with E-state index in [0.717, 1.165) is 67.0 Å². The van der Waals surface area contributed by atoms with E-state index in [-0.39, 0.29) is 17.7 Å². The van der Waals surface area contributed by atoms with E-state index in [1.54, 1.807) is 0 Å². The maximum absolute atomic E-state index is 12.4. The number of hydrogen-bond acceptors (Lipinski definition) is 6. The van der Waals surface area contributed by atoms with Crippen molar-refractivity contribution in [2.45, 2.75) is 58.2 Å². The van der Waals surface area contributed by atoms with Crippen LogP contribution in [0.2, 0.25) is 0 Å². The van der Waals surface area contributed by atoms with Crippen LogP contribution in [0.5, 0.6) is 0 Å². The highest BCUT2D eigenvalue weighted by Crippen LogP contribution is 2.36. The molecule has 204 valence electrons. The van der Waals surface area contributed by atoms with Crippen molar-refractivity contribution in [2.24, 2.45) is 0 Å². The summed E-state index contributed by atoms with van der Waals surface area (Å²) < 4.78 is 8.06. The second-order valence-electron chi connectivity index (χ2n) is 11.2. The second kappa shape index (κ2) is 10.9. The molecule has 2 aliphatic heterocycles. The molecule has 0 spiro atoms. The van der Waals surface area contributed by atoms with Gasteiger partial charge in [0.15, 0.2) is 0 Å². The molecule has 1 atom stereocenters. The van der Waals surface area contributed by atoms with Gasteiger partial charge in [-0.3, -0.25) is 9.88 Å². The summed E-state index contributed by atoms with van der Waals surface area (Å²) in [4.78, 5) is 24.0. The number of nitrogens with zero attached hydrogens (tertiary/aromatic N) is 6. The van der Waals surface area contributed by atoms with Crippen LogP contribution in [0.15, 0.2) is 42.9 Å². The highest BCUT2D eigenvalue weighted by Gasteiger charge is 2.38. The number of carbonyl (C=O) groups is 1. The Morgan fingerprint density at radius 1 is 1.08 bits per heavy atom. The first-order valence-electron chi connectivity index (χ1n) is 13.8. The minimum Gasteiger partial charge on any atom is -0.372 e. The summed E-state index contributed by atoms with van der Waals surface area (Å²) >= 11 is 0. The van der Waals surface area contributed by atoms with E-state index in [1.165, 1.54) is 0 Å². The number of rotatable bonds is 6. The number of pyridine rings is 1. The van der Waals surface area contributed by atoms with Crippen LogP contribution in [0.25, 0.3) is 16.8 Å². The van der Waals surface area contributed by atoms with E-state index >= 15 is 0 Å². The third kappa shape index (κ3) is 5.22. The molecule has 0 bridgehead atoms. The fraction of sp³-hybridized carbons (Fsp3) is 0.552. The lowest BCUT2D eigenvalue weighted by Gasteiger charge is -2.43. The van der Waals surface area contributed by atoms with Crippen LogP contribution >= 0.6 is 0 Å². The first-order chi connectivity index (χ1) is 18.3. The van der Waals surface area contributed by atoms with Crippen LogP contribution in [-0.4, -0.2) is 88.9 Å². The van der Waals surface area contributed by atoms with Crippen molar-refractivity contribution in [1.82, 2.24) is 29.7 Å². The molecule has 0 saturated carbocycles. The molecule has 38 heavy (non-hydrogen) atoms. The zero-order valence-corrected chi connectivity index (χ0v) is 23.4. The Kier molecular flexibility index (Phi) is 7.59. The summed E-state index contributed by atoms with van der Waals surface area (Å²) in [6.07, 6.45) is 7.99. The minimum atomic E-state index is -0.317. The Bertz CT molecular complexity index is 1250. The maximum atomic E-state index is 12.4. The first-order valence-corrected chi connectivity index (χ1v) is 13.8. The van der Waals surface area contributed by atoms with E-state index in [0.29, 0.717) is 19.1 Å². The molecular weight excluding hydrogens is 478 g/mol. The Hall–Kier alpha value is -3.17. The lowest BCUT2D eigenvalue weighted by molar-refractivity contribution is -0.0769. The van der Waals surface area contributed by atoms with Crippen molar-refractivity contribution in [1.29, 1.82) is 0 Å². The van der Waals surface area contributed by atoms with Crippen molar-refractivity contribution in [3.63, 3.8) is 0 Å². The van der Waals surface area contributed by atoms with E-state index in [2.05, 4.69) is 58.3 Å². The molecule has 2 saturated heterocycles. The van der Waals surface area contributed by atoms with Gasteiger partial charge in [-0.1, -0.05) is 6.07 Å². The van der Waals surface area contributed by atoms with Gasteiger partial charge >= 0.3 is 6.03 Å². The molecule has 1 N–H and O–H groups in total. The molecule has 0 aromatic carbocycles. The zero-order valence-electron chi connectivity index (χ0n) is 23.4. The predicted octanol–water partition coefficient (Wildman–Crippen LogP) is 3.98. The Morgan fingerprint density at radius 2 is 1.87 bits per heavy atom. The third-order valence-corrected chi connectivity index (χ3v) is 8.00. The topological polar surface area (TPSA) is 78.2 Å². The minimum absolute atomic E-state index is 0.0133. The molecule has 3 aromatic heterocycles. The van der Waals surface area contributed by atoms with Crippen molar-refractivity contribution in [2.75, 3.05) is 51.3 Å². The van der Waals surface area contributed by atoms with Crippen molar-refractivity contribution in [3.05, 3.63) is 48.4 Å². The normalized spacial score (nSPS) is 21.0. The quantitative estimate of drug-likeness (QED) is 0.531. The SMILES string of the molecule is CO[C@]1(c2ccc(-c3cc4c(N5CCN(C(=O)NC(C)C)CC5)ccnn4c3)nc2)CCCN(C(C)C)C1. The van der Waals surface area contributed by atoms with Crippen molar-refractivity contribution >= 4 is 17.2 Å². The number of fused-ring (bicyclic) bond motifs is 1. The van der Waals surface area contributed by atoms with Crippen LogP contribution in [-0.2, 0) is 10.3 Å². The molecule has 3 aromatic rings. The summed E-state index contributed by atoms with van der Waals surface area (Å²) in [6, 6.07) is 9.14. The average molecular weight is 520 g/mol. The van der Waals surface area contributed by atoms with Crippen LogP contribution in [0.4, 0.5) is 10.5 Å². The van der Waals surface area contributed by atoms with Gasteiger partial charge < -0.3 is 19.9 Å². The zero-order chi connectivity index (χ0) is 26.9. The fourth-order valence-corrected chi connectivity index (χ4v) is 5.75. The molecule has 0 radical (unpaired) electrons. The van der Waals surface area contributed by atoms with Gasteiger partial charge in [0, 0.05) is 81.6 Å². The van der Waals surface area contributed by atoms with Gasteiger partial charge in [-0.05, 0) is 65.3 Å². The number of amides is 2. The number of aromatic nitrogens is 3. The molecule has 0 aliphatic carbocycles. The van der Waals surface area contributed by atoms with Gasteiger partial charge in [-0.15, -0.1) is 0 Å². The lowest BCUT2D eigenvalue weighted by Crippen LogP contribution is -2.53. The number of piperidine rings is 1. The third-order valence-electron chi connectivity index (χ3n) is 8.00. The van der Waals surface area contributed by atoms with Gasteiger partial charge in [-0.2, -0.15) is 5.10 Å². The van der Waals surface area contributed by atoms with E-state index < -0.39 is 0 Å². The monoisotopic (exact) mass is 519 g/mol. The number of ether oxygens (including phenoxy) is 1. The standard InChI is InChI=1S/C29H41N7O2/c1-21(2)32-28(37)34-15-13-33(14-16-34)26-9-11-31-36-19-23(17-27(26)36)25-8-7-24(18-30-25)29(38-5)10-6-12-35(20-29)22(3)4/h7-9,11,17-19,21-22H,6,10,12-16,20H2,1-5H3,(H,32,37)/t29-/m1/s1. The average Bonchev–Trinajstić information content (AvgIpc) is 3.37. The van der Waals surface area contributed by atoms with Crippen LogP contribution in [0, 0.1) is 0 Å². The van der Waals surface area contributed by atoms with E-state index in [1.807, 2.05) is 49.0 Å². The summed E-state index contributed by atoms with van der Waals surface area (Å²) in [7, 11) is 1.82. The smallest absolute Gasteiger partial charge is 0.317 e. The number of anilines is 1. The lowest BCUT2D eigenvalue weighted by atomic mass is 9.85. The number of hydrogen-bond donors (Lipinski definition) is 1. The number of piperazine rings is 1. The molecule has 5 rings (SSSR count). The summed E-state index contributed by atoms with van der Waals surface area (Å²) in [5.41, 5.74) is 4.94. The Balaban J connectivity index is 1.34. The Morgan fingerprint density at radius 3 is 2.53 bits per heavy atom. The fourth-order valence-electron chi connectivity index (χ4n) is 5.75. The molecule has 9 heteroatoms. The van der Waals surface area contributed by atoms with Crippen molar-refractivity contribution in [3.8, 4) is 11.3 Å². The largest absolute Gasteiger partial charge is 0.372 e. The van der Waals surface area contributed by atoms with Crippen LogP contribution in [0.3, 0.4) is 0 Å². The molecule has 5 heterocycles. The van der Waals surface area contributed by atoms with Gasteiger partial charge in [0.05, 0.1) is 16.9 Å². The van der Waals surface area contributed by atoms with E-state index in [9.17, 15) is 4.79 Å². The van der Waals surface area contributed by atoms with Crippen molar-refractivity contribution < 1.29 is 9.53 Å². The molecule has 9 nitrogen and oxygen atoms in total. The number of nitrogens with one attached hydrogen (secondary N) is 1. The Labute approximate surface area is 225 Å². The van der Waals surface area contributed by atoms with E-state index in [4.69, 9.17) is 9.72 Å². The maximum Gasteiger partial charge on any atom is 0.317 e. The number of urea groups is 1. The number of likely N-dealkylation sites (tertiary alicyclic amines) is 1. The van der Waals surface area contributed by atoms with Gasteiger partial charge in [-0.25, -0.2) is 9.31 Å². The number of carbonyl (C=O) groups excluding carboxylic acids is 1. The second-order valence-corrected chi connectivity index (χ2v) is 11.2. The van der Waals surface area contributed by atoms with Gasteiger partial charge in [0.1, 0.15) is 5.60 Å². The number of methoxy groups -OCH3 is 1. The first kappa shape index (κ1) is 26.4.